The lowest BCUT2D eigenvalue weighted by atomic mass is 9.65. The number of piperidine rings is 1. The van der Waals surface area contributed by atoms with Crippen LogP contribution in [-0.4, -0.2) is 59.3 Å². The van der Waals surface area contributed by atoms with Crippen LogP contribution in [0.1, 0.15) is 30.9 Å². The molecule has 0 N–H and O–H groups in total. The largest absolute Gasteiger partial charge is 0.352 e. The molecule has 1 spiro atoms. The summed E-state index contributed by atoms with van der Waals surface area (Å²) in [4.78, 5) is 48.9. The molecule has 0 aliphatic carbocycles. The molecule has 4 amide bonds. The Morgan fingerprint density at radius 3 is 2.47 bits per heavy atom. The van der Waals surface area contributed by atoms with Crippen LogP contribution < -0.4 is 4.90 Å². The molecular weight excluding hydrogens is 380 g/mol. The third-order valence-electron chi connectivity index (χ3n) is 7.15. The van der Waals surface area contributed by atoms with E-state index in [9.17, 15) is 14.4 Å². The zero-order chi connectivity index (χ0) is 21.4. The van der Waals surface area contributed by atoms with Crippen LogP contribution in [-0.2, 0) is 16.0 Å². The summed E-state index contributed by atoms with van der Waals surface area (Å²) in [6.07, 6.45) is 1.97. The molecule has 156 valence electrons. The van der Waals surface area contributed by atoms with Crippen molar-refractivity contribution in [3.8, 4) is 0 Å². The first-order valence-corrected chi connectivity index (χ1v) is 10.5. The predicted octanol–water partition coefficient (Wildman–Crippen LogP) is 2.74. The van der Waals surface area contributed by atoms with Crippen molar-refractivity contribution in [3.05, 3.63) is 35.4 Å². The summed E-state index contributed by atoms with van der Waals surface area (Å²) in [5.41, 5.74) is 1.66. The minimum Gasteiger partial charge on any atom is -0.352 e. The first-order chi connectivity index (χ1) is 14.2. The SMILES string of the molecule is Cc1ccc2nc3c(cc2c1)CC1(C(=O)N(C)C(=O)N(C)C1=O)[C@H]1C[C@H](C)CCN31. The number of carbonyl (C=O) groups excluding carboxylic acids is 3. The molecule has 2 atom stereocenters. The Hall–Kier alpha value is -2.96. The molecule has 7 heteroatoms. The number of benzene rings is 1. The monoisotopic (exact) mass is 406 g/mol. The van der Waals surface area contributed by atoms with Gasteiger partial charge in [-0.3, -0.25) is 19.4 Å². The average molecular weight is 406 g/mol. The molecule has 1 aromatic heterocycles. The van der Waals surface area contributed by atoms with Gasteiger partial charge in [0.15, 0.2) is 5.41 Å². The number of aryl methyl sites for hydroxylation is 1. The molecule has 5 rings (SSSR count). The molecule has 3 aliphatic heterocycles. The van der Waals surface area contributed by atoms with E-state index in [-0.39, 0.29) is 12.5 Å². The quantitative estimate of drug-likeness (QED) is 0.629. The number of anilines is 1. The Labute approximate surface area is 175 Å². The average Bonchev–Trinajstić information content (AvgIpc) is 2.73. The number of aromatic nitrogens is 1. The van der Waals surface area contributed by atoms with Crippen molar-refractivity contribution in [1.29, 1.82) is 0 Å². The molecule has 7 nitrogen and oxygen atoms in total. The first-order valence-electron chi connectivity index (χ1n) is 10.5. The number of imide groups is 2. The fourth-order valence-electron chi connectivity index (χ4n) is 5.51. The number of hydrogen-bond donors (Lipinski definition) is 0. The minimum atomic E-state index is -1.29. The van der Waals surface area contributed by atoms with E-state index in [1.807, 2.05) is 19.1 Å². The smallest absolute Gasteiger partial charge is 0.332 e. The zero-order valence-corrected chi connectivity index (χ0v) is 17.8. The Morgan fingerprint density at radius 2 is 1.77 bits per heavy atom. The highest BCUT2D eigenvalue weighted by atomic mass is 16.2. The van der Waals surface area contributed by atoms with Crippen LogP contribution in [0, 0.1) is 18.3 Å². The van der Waals surface area contributed by atoms with Gasteiger partial charge in [-0.15, -0.1) is 0 Å². The maximum atomic E-state index is 13.6. The third-order valence-corrected chi connectivity index (χ3v) is 7.15. The lowest BCUT2D eigenvalue weighted by molar-refractivity contribution is -0.160. The maximum absolute atomic E-state index is 13.6. The standard InChI is InChI=1S/C23H26N4O3/c1-13-5-6-17-15(9-13)11-16-12-23(20(28)25(3)22(30)26(4)21(23)29)18-10-14(2)7-8-27(18)19(16)24-17/h5-6,9,11,14,18H,7-8,10,12H2,1-4H3/t14-,18-/m1/s1. The van der Waals surface area contributed by atoms with Crippen molar-refractivity contribution >= 4 is 34.6 Å². The van der Waals surface area contributed by atoms with Crippen LogP contribution in [0.25, 0.3) is 10.9 Å². The van der Waals surface area contributed by atoms with Crippen LogP contribution in [0.15, 0.2) is 24.3 Å². The second-order valence-electron chi connectivity index (χ2n) is 9.17. The van der Waals surface area contributed by atoms with Gasteiger partial charge in [0.05, 0.1) is 11.6 Å². The Bertz CT molecular complexity index is 1090. The highest BCUT2D eigenvalue weighted by Crippen LogP contribution is 2.49. The van der Waals surface area contributed by atoms with Gasteiger partial charge in [0.1, 0.15) is 5.82 Å². The second kappa shape index (κ2) is 6.27. The van der Waals surface area contributed by atoms with Crippen molar-refractivity contribution < 1.29 is 14.4 Å². The van der Waals surface area contributed by atoms with Crippen molar-refractivity contribution in [2.75, 3.05) is 25.5 Å². The Balaban J connectivity index is 1.75. The van der Waals surface area contributed by atoms with Crippen molar-refractivity contribution in [3.63, 3.8) is 0 Å². The van der Waals surface area contributed by atoms with Crippen molar-refractivity contribution in [2.24, 2.45) is 11.3 Å². The molecule has 0 bridgehead atoms. The molecule has 0 radical (unpaired) electrons. The van der Waals surface area contributed by atoms with Crippen LogP contribution in [0.5, 0.6) is 0 Å². The van der Waals surface area contributed by atoms with Gasteiger partial charge in [0, 0.05) is 32.4 Å². The number of hydrogen-bond acceptors (Lipinski definition) is 5. The van der Waals surface area contributed by atoms with Gasteiger partial charge in [-0.05, 0) is 49.4 Å². The summed E-state index contributed by atoms with van der Waals surface area (Å²) in [5, 5.41) is 1.00. The molecule has 1 aromatic carbocycles. The normalized spacial score (nSPS) is 25.7. The van der Waals surface area contributed by atoms with Gasteiger partial charge >= 0.3 is 6.03 Å². The minimum absolute atomic E-state index is 0.271. The van der Waals surface area contributed by atoms with E-state index >= 15 is 0 Å². The fourth-order valence-corrected chi connectivity index (χ4v) is 5.51. The van der Waals surface area contributed by atoms with E-state index in [0.717, 1.165) is 57.0 Å². The van der Waals surface area contributed by atoms with Crippen LogP contribution >= 0.6 is 0 Å². The number of nitrogens with zero attached hydrogens (tertiary/aromatic N) is 4. The number of urea groups is 1. The highest BCUT2D eigenvalue weighted by Gasteiger charge is 2.63. The number of pyridine rings is 1. The van der Waals surface area contributed by atoms with Crippen LogP contribution in [0.4, 0.5) is 10.6 Å². The number of rotatable bonds is 0. The van der Waals surface area contributed by atoms with Gasteiger partial charge < -0.3 is 4.90 Å². The zero-order valence-electron chi connectivity index (χ0n) is 17.8. The summed E-state index contributed by atoms with van der Waals surface area (Å²) < 4.78 is 0. The summed E-state index contributed by atoms with van der Waals surface area (Å²) in [7, 11) is 2.95. The van der Waals surface area contributed by atoms with E-state index in [2.05, 4.69) is 24.0 Å². The molecule has 2 saturated heterocycles. The molecule has 0 saturated carbocycles. The van der Waals surface area contributed by atoms with Gasteiger partial charge in [0.2, 0.25) is 11.8 Å². The van der Waals surface area contributed by atoms with E-state index in [1.165, 1.54) is 14.1 Å². The molecule has 30 heavy (non-hydrogen) atoms. The van der Waals surface area contributed by atoms with Crippen molar-refractivity contribution in [2.45, 2.75) is 39.2 Å². The van der Waals surface area contributed by atoms with E-state index in [0.29, 0.717) is 5.92 Å². The fraction of sp³-hybridized carbons (Fsp3) is 0.478. The molecule has 2 fully saturated rings. The van der Waals surface area contributed by atoms with E-state index < -0.39 is 23.3 Å². The van der Waals surface area contributed by atoms with Gasteiger partial charge in [-0.2, -0.15) is 0 Å². The summed E-state index contributed by atoms with van der Waals surface area (Å²) >= 11 is 0. The lowest BCUT2D eigenvalue weighted by Crippen LogP contribution is -2.72. The van der Waals surface area contributed by atoms with Crippen LogP contribution in [0.2, 0.25) is 0 Å². The number of fused-ring (bicyclic) bond motifs is 5. The maximum Gasteiger partial charge on any atom is 0.332 e. The Morgan fingerprint density at radius 1 is 1.07 bits per heavy atom. The third kappa shape index (κ3) is 2.38. The van der Waals surface area contributed by atoms with Gasteiger partial charge in [0.25, 0.3) is 0 Å². The molecule has 2 aromatic rings. The second-order valence-corrected chi connectivity index (χ2v) is 9.17. The summed E-state index contributed by atoms with van der Waals surface area (Å²) in [6, 6.07) is 7.34. The number of barbiturate groups is 1. The summed E-state index contributed by atoms with van der Waals surface area (Å²) in [5.74, 6) is 0.475. The lowest BCUT2D eigenvalue weighted by Gasteiger charge is -2.55. The number of amides is 4. The highest BCUT2D eigenvalue weighted by molar-refractivity contribution is 6.20. The van der Waals surface area contributed by atoms with E-state index in [1.54, 1.807) is 0 Å². The Kier molecular flexibility index (Phi) is 3.98. The van der Waals surface area contributed by atoms with Crippen LogP contribution in [0.3, 0.4) is 0 Å². The van der Waals surface area contributed by atoms with E-state index in [4.69, 9.17) is 4.98 Å². The molecule has 4 heterocycles. The molecule has 3 aliphatic rings. The molecule has 0 unspecified atom stereocenters. The van der Waals surface area contributed by atoms with Gasteiger partial charge in [-0.1, -0.05) is 18.6 Å². The van der Waals surface area contributed by atoms with Gasteiger partial charge in [-0.25, -0.2) is 9.78 Å². The van der Waals surface area contributed by atoms with Crippen molar-refractivity contribution in [1.82, 2.24) is 14.8 Å². The summed E-state index contributed by atoms with van der Waals surface area (Å²) in [6.45, 7) is 4.94. The number of carbonyl (C=O) groups is 3. The topological polar surface area (TPSA) is 73.8 Å². The predicted molar refractivity (Wildman–Crippen MR) is 113 cm³/mol. The molecular formula is C23H26N4O3. The first kappa shape index (κ1) is 19.0.